The number of carboxylic acid groups (broad SMARTS) is 1. The van der Waals surface area contributed by atoms with Crippen LogP contribution in [0, 0.1) is 17.8 Å². The Morgan fingerprint density at radius 1 is 1.38 bits per heavy atom. The van der Waals surface area contributed by atoms with E-state index in [0.717, 1.165) is 18.5 Å². The average Bonchev–Trinajstić information content (AvgIpc) is 3.02. The Labute approximate surface area is 124 Å². The summed E-state index contributed by atoms with van der Waals surface area (Å²) in [5.41, 5.74) is 1.51. The van der Waals surface area contributed by atoms with Gasteiger partial charge in [-0.05, 0) is 25.2 Å². The molecule has 1 heterocycles. The van der Waals surface area contributed by atoms with Gasteiger partial charge in [0.25, 0.3) is 0 Å². The summed E-state index contributed by atoms with van der Waals surface area (Å²) < 4.78 is 1.66. The van der Waals surface area contributed by atoms with E-state index in [9.17, 15) is 14.7 Å². The van der Waals surface area contributed by atoms with Gasteiger partial charge in [-0.2, -0.15) is 5.10 Å². The third kappa shape index (κ3) is 3.25. The number of anilines is 1. The highest BCUT2D eigenvalue weighted by atomic mass is 16.4. The number of carboxylic acids is 1. The molecule has 1 amide bonds. The van der Waals surface area contributed by atoms with Crippen LogP contribution < -0.4 is 5.32 Å². The maximum absolute atomic E-state index is 12.5. The van der Waals surface area contributed by atoms with Gasteiger partial charge in [0.15, 0.2) is 0 Å². The van der Waals surface area contributed by atoms with Crippen LogP contribution in [0.3, 0.4) is 0 Å². The Morgan fingerprint density at radius 2 is 2.05 bits per heavy atom. The Bertz CT molecular complexity index is 538. The highest BCUT2D eigenvalue weighted by molar-refractivity contribution is 5.95. The highest BCUT2D eigenvalue weighted by Crippen LogP contribution is 2.39. The molecule has 1 unspecified atom stereocenters. The van der Waals surface area contributed by atoms with E-state index in [0.29, 0.717) is 24.4 Å². The normalized spacial score (nSPS) is 25.0. The second-order valence-electron chi connectivity index (χ2n) is 5.80. The summed E-state index contributed by atoms with van der Waals surface area (Å²) in [7, 11) is 1.80. The first kappa shape index (κ1) is 15.5. The predicted molar refractivity (Wildman–Crippen MR) is 78.8 cm³/mol. The maximum Gasteiger partial charge on any atom is 0.307 e. The van der Waals surface area contributed by atoms with Gasteiger partial charge in [-0.3, -0.25) is 14.3 Å². The molecule has 3 atom stereocenters. The van der Waals surface area contributed by atoms with Gasteiger partial charge in [0.2, 0.25) is 5.91 Å². The second kappa shape index (κ2) is 6.28. The zero-order chi connectivity index (χ0) is 15.6. The first-order valence-electron chi connectivity index (χ1n) is 7.52. The molecule has 0 bridgehead atoms. The Balaban J connectivity index is 2.13. The fraction of sp³-hybridized carbons (Fsp3) is 0.667. The molecule has 1 saturated carbocycles. The molecular weight excluding hydrogens is 270 g/mol. The molecule has 0 saturated heterocycles. The quantitative estimate of drug-likeness (QED) is 0.870. The van der Waals surface area contributed by atoms with E-state index in [-0.39, 0.29) is 5.91 Å². The highest BCUT2D eigenvalue weighted by Gasteiger charge is 2.42. The Hall–Kier alpha value is -1.85. The minimum Gasteiger partial charge on any atom is -0.481 e. The summed E-state index contributed by atoms with van der Waals surface area (Å²) in [6.45, 7) is 4.01. The molecule has 1 aliphatic rings. The zero-order valence-corrected chi connectivity index (χ0v) is 12.8. The van der Waals surface area contributed by atoms with Gasteiger partial charge < -0.3 is 10.4 Å². The molecule has 0 aromatic carbocycles. The Morgan fingerprint density at radius 3 is 2.62 bits per heavy atom. The lowest BCUT2D eigenvalue weighted by molar-refractivity contribution is -0.145. The molecule has 116 valence electrons. The van der Waals surface area contributed by atoms with Crippen molar-refractivity contribution in [1.82, 2.24) is 9.78 Å². The SMILES string of the molecule is CCc1nn(C)cc1NC(=O)[C@H]1CC(CC)C[C@H]1C(=O)O. The molecule has 6 heteroatoms. The summed E-state index contributed by atoms with van der Waals surface area (Å²) in [6, 6.07) is 0. The number of amides is 1. The van der Waals surface area contributed by atoms with Crippen molar-refractivity contribution in [3.05, 3.63) is 11.9 Å². The summed E-state index contributed by atoms with van der Waals surface area (Å²) >= 11 is 0. The van der Waals surface area contributed by atoms with Crippen molar-refractivity contribution in [3.63, 3.8) is 0 Å². The molecule has 2 rings (SSSR count). The van der Waals surface area contributed by atoms with Gasteiger partial charge in [0.1, 0.15) is 0 Å². The van der Waals surface area contributed by atoms with E-state index >= 15 is 0 Å². The van der Waals surface area contributed by atoms with Crippen molar-refractivity contribution in [2.75, 3.05) is 5.32 Å². The average molecular weight is 293 g/mol. The van der Waals surface area contributed by atoms with Crippen LogP contribution in [0.1, 0.15) is 38.8 Å². The van der Waals surface area contributed by atoms with Gasteiger partial charge >= 0.3 is 5.97 Å². The van der Waals surface area contributed by atoms with E-state index in [1.54, 1.807) is 17.9 Å². The lowest BCUT2D eigenvalue weighted by atomic mass is 9.95. The van der Waals surface area contributed by atoms with E-state index in [1.165, 1.54) is 0 Å². The molecule has 0 spiro atoms. The number of hydrogen-bond acceptors (Lipinski definition) is 3. The van der Waals surface area contributed by atoms with Gasteiger partial charge in [-0.15, -0.1) is 0 Å². The van der Waals surface area contributed by atoms with Crippen LogP contribution in [-0.4, -0.2) is 26.8 Å². The van der Waals surface area contributed by atoms with Crippen molar-refractivity contribution >= 4 is 17.6 Å². The lowest BCUT2D eigenvalue weighted by Crippen LogP contribution is -2.30. The number of aliphatic carboxylic acids is 1. The summed E-state index contributed by atoms with van der Waals surface area (Å²) in [6.07, 6.45) is 4.65. The smallest absolute Gasteiger partial charge is 0.307 e. The minimum atomic E-state index is -0.868. The van der Waals surface area contributed by atoms with E-state index in [2.05, 4.69) is 10.4 Å². The lowest BCUT2D eigenvalue weighted by Gasteiger charge is -2.15. The molecule has 0 aliphatic heterocycles. The monoisotopic (exact) mass is 293 g/mol. The largest absolute Gasteiger partial charge is 0.481 e. The number of nitrogens with zero attached hydrogens (tertiary/aromatic N) is 2. The summed E-state index contributed by atoms with van der Waals surface area (Å²) in [4.78, 5) is 23.8. The van der Waals surface area contributed by atoms with Gasteiger partial charge in [-0.25, -0.2) is 0 Å². The van der Waals surface area contributed by atoms with Crippen LogP contribution in [-0.2, 0) is 23.1 Å². The number of rotatable bonds is 5. The van der Waals surface area contributed by atoms with Crippen LogP contribution in [0.2, 0.25) is 0 Å². The summed E-state index contributed by atoms with van der Waals surface area (Å²) in [5, 5.41) is 16.5. The minimum absolute atomic E-state index is 0.193. The fourth-order valence-electron chi connectivity index (χ4n) is 3.16. The number of nitrogens with one attached hydrogen (secondary N) is 1. The molecular formula is C15H23N3O3. The van der Waals surface area contributed by atoms with Crippen LogP contribution in [0.25, 0.3) is 0 Å². The van der Waals surface area contributed by atoms with E-state index < -0.39 is 17.8 Å². The molecule has 1 fully saturated rings. The Kier molecular flexibility index (Phi) is 4.65. The van der Waals surface area contributed by atoms with Gasteiger partial charge in [0.05, 0.1) is 23.2 Å². The van der Waals surface area contributed by atoms with Crippen molar-refractivity contribution < 1.29 is 14.7 Å². The van der Waals surface area contributed by atoms with Crippen LogP contribution in [0.5, 0.6) is 0 Å². The standard InChI is InChI=1S/C15H23N3O3/c1-4-9-6-10(11(7-9)15(20)21)14(19)16-13-8-18(3)17-12(13)5-2/h8-11H,4-7H2,1-3H3,(H,16,19)(H,20,21)/t9?,10-,11+/m0/s1. The third-order valence-corrected chi connectivity index (χ3v) is 4.39. The molecule has 6 nitrogen and oxygen atoms in total. The molecule has 2 N–H and O–H groups in total. The van der Waals surface area contributed by atoms with Crippen LogP contribution >= 0.6 is 0 Å². The van der Waals surface area contributed by atoms with Crippen molar-refractivity contribution in [2.24, 2.45) is 24.8 Å². The van der Waals surface area contributed by atoms with Gasteiger partial charge in [-0.1, -0.05) is 20.3 Å². The first-order valence-corrected chi connectivity index (χ1v) is 7.52. The number of aryl methyl sites for hydroxylation is 2. The van der Waals surface area contributed by atoms with Gasteiger partial charge in [0, 0.05) is 13.2 Å². The van der Waals surface area contributed by atoms with Crippen molar-refractivity contribution in [1.29, 1.82) is 0 Å². The second-order valence-corrected chi connectivity index (χ2v) is 5.80. The zero-order valence-electron chi connectivity index (χ0n) is 12.8. The molecule has 21 heavy (non-hydrogen) atoms. The van der Waals surface area contributed by atoms with E-state index in [4.69, 9.17) is 0 Å². The maximum atomic E-state index is 12.5. The van der Waals surface area contributed by atoms with Crippen LogP contribution in [0.4, 0.5) is 5.69 Å². The molecule has 0 radical (unpaired) electrons. The topological polar surface area (TPSA) is 84.2 Å². The van der Waals surface area contributed by atoms with E-state index in [1.807, 2.05) is 13.8 Å². The fourth-order valence-corrected chi connectivity index (χ4v) is 3.16. The van der Waals surface area contributed by atoms with Crippen LogP contribution in [0.15, 0.2) is 6.20 Å². The first-order chi connectivity index (χ1) is 9.96. The number of carbonyl (C=O) groups is 2. The molecule has 1 aromatic rings. The number of hydrogen-bond donors (Lipinski definition) is 2. The number of carbonyl (C=O) groups excluding carboxylic acids is 1. The molecule has 1 aromatic heterocycles. The predicted octanol–water partition coefficient (Wildman–Crippen LogP) is 2.06. The third-order valence-electron chi connectivity index (χ3n) is 4.39. The van der Waals surface area contributed by atoms with Crippen molar-refractivity contribution in [2.45, 2.75) is 39.5 Å². The number of aromatic nitrogens is 2. The molecule has 1 aliphatic carbocycles. The van der Waals surface area contributed by atoms with Crippen molar-refractivity contribution in [3.8, 4) is 0 Å². The summed E-state index contributed by atoms with van der Waals surface area (Å²) in [5.74, 6) is -1.76.